The van der Waals surface area contributed by atoms with E-state index in [-0.39, 0.29) is 23.8 Å². The number of alkyl carbamates (subject to hydrolysis) is 1. The normalized spacial score (nSPS) is 18.5. The second-order valence-corrected chi connectivity index (χ2v) is 12.0. The Balaban J connectivity index is 2.41. The summed E-state index contributed by atoms with van der Waals surface area (Å²) < 4.78 is 5.46. The topological polar surface area (TPSA) is 87.7 Å². The van der Waals surface area contributed by atoms with Gasteiger partial charge in [-0.15, -0.1) is 0 Å². The van der Waals surface area contributed by atoms with Crippen LogP contribution in [0.15, 0.2) is 24.3 Å². The standard InChI is InChI=1S/C29H47N3O4S/c1-8-10-11-17-30-26(33)25(22-14-12-21(9-2)13-15-22)32(24-19-20(24)3)27(34)23(16-18-37-7)31-28(35)36-29(4,5)6/h12-15,20,23-25H,8-11,16-19H2,1-7H3,(H,30,33)(H,31,35). The van der Waals surface area contributed by atoms with Crippen LogP contribution < -0.4 is 10.6 Å². The number of hydrogen-bond acceptors (Lipinski definition) is 5. The van der Waals surface area contributed by atoms with Crippen molar-refractivity contribution in [2.24, 2.45) is 5.92 Å². The lowest BCUT2D eigenvalue weighted by molar-refractivity contribution is -0.143. The Morgan fingerprint density at radius 3 is 2.30 bits per heavy atom. The molecule has 1 aromatic rings. The van der Waals surface area contributed by atoms with Crippen LogP contribution >= 0.6 is 11.8 Å². The molecule has 1 aliphatic rings. The van der Waals surface area contributed by atoms with E-state index >= 15 is 0 Å². The van der Waals surface area contributed by atoms with Crippen molar-refractivity contribution < 1.29 is 19.1 Å². The number of ether oxygens (including phenoxy) is 1. The van der Waals surface area contributed by atoms with Gasteiger partial charge in [0, 0.05) is 12.6 Å². The molecule has 2 N–H and O–H groups in total. The van der Waals surface area contributed by atoms with E-state index in [0.29, 0.717) is 18.7 Å². The Hall–Kier alpha value is -2.22. The summed E-state index contributed by atoms with van der Waals surface area (Å²) in [6.45, 7) is 12.3. The number of rotatable bonds is 14. The number of nitrogens with one attached hydrogen (secondary N) is 2. The van der Waals surface area contributed by atoms with Gasteiger partial charge in [0.1, 0.15) is 17.7 Å². The van der Waals surface area contributed by atoms with E-state index in [0.717, 1.165) is 37.7 Å². The molecule has 4 atom stereocenters. The number of amides is 3. The Morgan fingerprint density at radius 2 is 1.78 bits per heavy atom. The fourth-order valence-corrected chi connectivity index (χ4v) is 4.82. The van der Waals surface area contributed by atoms with Crippen LogP contribution in [-0.4, -0.2) is 59.0 Å². The lowest BCUT2D eigenvalue weighted by Crippen LogP contribution is -2.54. The van der Waals surface area contributed by atoms with Gasteiger partial charge in [0.15, 0.2) is 0 Å². The average molecular weight is 534 g/mol. The third-order valence-electron chi connectivity index (χ3n) is 6.59. The lowest BCUT2D eigenvalue weighted by atomic mass is 9.99. The van der Waals surface area contributed by atoms with Gasteiger partial charge in [0.05, 0.1) is 0 Å². The molecule has 208 valence electrons. The maximum Gasteiger partial charge on any atom is 0.408 e. The SMILES string of the molecule is CCCCCNC(=O)C(c1ccc(CC)cc1)N(C(=O)C(CCSC)NC(=O)OC(C)(C)C)C1CC1C. The van der Waals surface area contributed by atoms with E-state index in [9.17, 15) is 14.4 Å². The van der Waals surface area contributed by atoms with Crippen molar-refractivity contribution in [3.8, 4) is 0 Å². The first-order valence-electron chi connectivity index (χ1n) is 13.7. The molecule has 0 aliphatic heterocycles. The summed E-state index contributed by atoms with van der Waals surface area (Å²) in [5.41, 5.74) is 1.29. The predicted octanol–water partition coefficient (Wildman–Crippen LogP) is 5.48. The van der Waals surface area contributed by atoms with Crippen molar-refractivity contribution >= 4 is 29.7 Å². The van der Waals surface area contributed by atoms with E-state index in [1.807, 2.05) is 30.5 Å². The molecule has 7 nitrogen and oxygen atoms in total. The van der Waals surface area contributed by atoms with Crippen LogP contribution in [0.1, 0.15) is 90.8 Å². The van der Waals surface area contributed by atoms with Crippen LogP contribution in [0, 0.1) is 5.92 Å². The van der Waals surface area contributed by atoms with E-state index in [1.54, 1.807) is 37.4 Å². The van der Waals surface area contributed by atoms with E-state index in [4.69, 9.17) is 4.74 Å². The van der Waals surface area contributed by atoms with Gasteiger partial charge in [0.2, 0.25) is 11.8 Å². The Kier molecular flexibility index (Phi) is 12.3. The monoisotopic (exact) mass is 533 g/mol. The summed E-state index contributed by atoms with van der Waals surface area (Å²) in [4.78, 5) is 42.2. The number of nitrogens with zero attached hydrogens (tertiary/aromatic N) is 1. The number of carbonyl (C=O) groups is 3. The minimum Gasteiger partial charge on any atom is -0.444 e. The van der Waals surface area contributed by atoms with Gasteiger partial charge in [0.25, 0.3) is 0 Å². The quantitative estimate of drug-likeness (QED) is 0.309. The summed E-state index contributed by atoms with van der Waals surface area (Å²) in [6, 6.07) is 6.38. The zero-order valence-corrected chi connectivity index (χ0v) is 24.6. The van der Waals surface area contributed by atoms with Crippen molar-refractivity contribution in [3.05, 3.63) is 35.4 Å². The van der Waals surface area contributed by atoms with Crippen molar-refractivity contribution in [3.63, 3.8) is 0 Å². The molecule has 0 radical (unpaired) electrons. The zero-order valence-electron chi connectivity index (χ0n) is 23.8. The molecule has 1 fully saturated rings. The highest BCUT2D eigenvalue weighted by molar-refractivity contribution is 7.98. The Labute approximate surface area is 227 Å². The Morgan fingerprint density at radius 1 is 1.14 bits per heavy atom. The molecule has 0 saturated heterocycles. The van der Waals surface area contributed by atoms with Crippen molar-refractivity contribution in [2.45, 2.75) is 104 Å². The summed E-state index contributed by atoms with van der Waals surface area (Å²) in [6.07, 6.45) is 6.53. The molecule has 0 heterocycles. The van der Waals surface area contributed by atoms with Crippen molar-refractivity contribution in [1.29, 1.82) is 0 Å². The number of unbranched alkanes of at least 4 members (excludes halogenated alkanes) is 2. The zero-order chi connectivity index (χ0) is 27.6. The van der Waals surface area contributed by atoms with Gasteiger partial charge in [-0.2, -0.15) is 11.8 Å². The average Bonchev–Trinajstić information content (AvgIpc) is 3.56. The van der Waals surface area contributed by atoms with Gasteiger partial charge in [-0.05, 0) is 75.5 Å². The first kappa shape index (κ1) is 31.0. The number of benzene rings is 1. The van der Waals surface area contributed by atoms with Gasteiger partial charge in [-0.25, -0.2) is 4.79 Å². The van der Waals surface area contributed by atoms with Crippen LogP contribution in [0.4, 0.5) is 4.79 Å². The molecule has 3 amide bonds. The fourth-order valence-electron chi connectivity index (χ4n) is 4.35. The molecule has 1 aromatic carbocycles. The van der Waals surface area contributed by atoms with Crippen LogP contribution in [0.2, 0.25) is 0 Å². The van der Waals surface area contributed by atoms with Gasteiger partial charge >= 0.3 is 6.09 Å². The molecule has 2 rings (SSSR count). The summed E-state index contributed by atoms with van der Waals surface area (Å²) in [5.74, 6) is 0.576. The lowest BCUT2D eigenvalue weighted by Gasteiger charge is -2.35. The molecule has 0 aromatic heterocycles. The highest BCUT2D eigenvalue weighted by atomic mass is 32.2. The van der Waals surface area contributed by atoms with E-state index in [1.165, 1.54) is 5.56 Å². The van der Waals surface area contributed by atoms with Crippen LogP contribution in [-0.2, 0) is 20.7 Å². The summed E-state index contributed by atoms with van der Waals surface area (Å²) in [7, 11) is 0. The minimum absolute atomic E-state index is 0.0537. The van der Waals surface area contributed by atoms with Gasteiger partial charge < -0.3 is 20.3 Å². The molecule has 1 saturated carbocycles. The van der Waals surface area contributed by atoms with Crippen molar-refractivity contribution in [2.75, 3.05) is 18.6 Å². The van der Waals surface area contributed by atoms with Crippen LogP contribution in [0.5, 0.6) is 0 Å². The van der Waals surface area contributed by atoms with Gasteiger partial charge in [-0.1, -0.05) is 57.9 Å². The third-order valence-corrected chi connectivity index (χ3v) is 7.23. The number of aryl methyl sites for hydroxylation is 1. The largest absolute Gasteiger partial charge is 0.444 e. The first-order chi connectivity index (χ1) is 17.5. The maximum absolute atomic E-state index is 14.2. The molecule has 1 aliphatic carbocycles. The molecule has 37 heavy (non-hydrogen) atoms. The molecule has 4 unspecified atom stereocenters. The highest BCUT2D eigenvalue weighted by Gasteiger charge is 2.48. The Bertz CT molecular complexity index is 884. The van der Waals surface area contributed by atoms with Gasteiger partial charge in [-0.3, -0.25) is 9.59 Å². The smallest absolute Gasteiger partial charge is 0.408 e. The molecule has 0 bridgehead atoms. The first-order valence-corrected chi connectivity index (χ1v) is 15.1. The number of carbonyl (C=O) groups excluding carboxylic acids is 3. The summed E-state index contributed by atoms with van der Waals surface area (Å²) in [5, 5.41) is 5.89. The number of thioether (sulfide) groups is 1. The van der Waals surface area contributed by atoms with Crippen LogP contribution in [0.25, 0.3) is 0 Å². The fraction of sp³-hybridized carbons (Fsp3) is 0.690. The summed E-state index contributed by atoms with van der Waals surface area (Å²) >= 11 is 1.61. The van der Waals surface area contributed by atoms with E-state index < -0.39 is 23.8 Å². The van der Waals surface area contributed by atoms with Crippen molar-refractivity contribution in [1.82, 2.24) is 15.5 Å². The van der Waals surface area contributed by atoms with Crippen LogP contribution in [0.3, 0.4) is 0 Å². The minimum atomic E-state index is -0.777. The molecule has 0 spiro atoms. The third kappa shape index (κ3) is 9.87. The number of hydrogen-bond donors (Lipinski definition) is 2. The highest BCUT2D eigenvalue weighted by Crippen LogP contribution is 2.41. The molecule has 8 heteroatoms. The molecular formula is C29H47N3O4S. The molecular weight excluding hydrogens is 486 g/mol. The second kappa shape index (κ2) is 14.6. The predicted molar refractivity (Wildman–Crippen MR) is 152 cm³/mol. The maximum atomic E-state index is 14.2. The van der Waals surface area contributed by atoms with E-state index in [2.05, 4.69) is 31.4 Å². The second-order valence-electron chi connectivity index (χ2n) is 11.0.